The number of carboxylic acid groups (broad SMARTS) is 1. The van der Waals surface area contributed by atoms with Crippen LogP contribution in [0.3, 0.4) is 0 Å². The third kappa shape index (κ3) is 3.40. The molecule has 124 valence electrons. The van der Waals surface area contributed by atoms with Gasteiger partial charge in [0.1, 0.15) is 12.7 Å². The van der Waals surface area contributed by atoms with E-state index in [4.69, 9.17) is 9.90 Å². The Morgan fingerprint density at radius 2 is 1.91 bits per heavy atom. The van der Waals surface area contributed by atoms with E-state index in [2.05, 4.69) is 33.9 Å². The first-order valence-corrected chi connectivity index (χ1v) is 7.06. The van der Waals surface area contributed by atoms with Gasteiger partial charge in [-0.3, -0.25) is 0 Å². The zero-order chi connectivity index (χ0) is 16.5. The number of carbonyl (C=O) groups is 1. The molecule has 1 aromatic heterocycles. The Kier molecular flexibility index (Phi) is 4.46. The molecule has 0 radical (unpaired) electrons. The normalized spacial score (nSPS) is 31.5. The third-order valence-electron chi connectivity index (χ3n) is 4.43. The van der Waals surface area contributed by atoms with Crippen LogP contribution in [0.25, 0.3) is 0 Å². The first-order chi connectivity index (χ1) is 10.1. The molecule has 1 aliphatic carbocycles. The van der Waals surface area contributed by atoms with Crippen molar-refractivity contribution in [3.05, 3.63) is 12.7 Å². The van der Waals surface area contributed by atoms with E-state index in [0.29, 0.717) is 11.6 Å². The van der Waals surface area contributed by atoms with Crippen molar-refractivity contribution >= 4 is 5.97 Å². The molecule has 22 heavy (non-hydrogen) atoms. The van der Waals surface area contributed by atoms with Crippen molar-refractivity contribution in [3.63, 3.8) is 0 Å². The zero-order valence-electron chi connectivity index (χ0n) is 12.3. The Hall–Kier alpha value is -1.64. The first kappa shape index (κ1) is 16.7. The summed E-state index contributed by atoms with van der Waals surface area (Å²) >= 11 is 0. The van der Waals surface area contributed by atoms with E-state index < -0.39 is 12.1 Å². The van der Waals surface area contributed by atoms with Gasteiger partial charge in [-0.25, -0.2) is 4.79 Å². The van der Waals surface area contributed by atoms with Crippen molar-refractivity contribution in [3.8, 4) is 0 Å². The molecule has 0 aromatic carbocycles. The van der Waals surface area contributed by atoms with E-state index >= 15 is 0 Å². The summed E-state index contributed by atoms with van der Waals surface area (Å²) in [5, 5.41) is 18.6. The molecule has 3 heterocycles. The van der Waals surface area contributed by atoms with E-state index in [-0.39, 0.29) is 0 Å². The van der Waals surface area contributed by atoms with Crippen LogP contribution in [0.15, 0.2) is 12.7 Å². The quantitative estimate of drug-likeness (QED) is 0.871. The second-order valence-electron chi connectivity index (χ2n) is 6.13. The number of fused-ring (bicyclic) bond motifs is 2. The number of hydrogen-bond acceptors (Lipinski definition) is 4. The van der Waals surface area contributed by atoms with Crippen LogP contribution in [-0.4, -0.2) is 43.6 Å². The molecule has 3 aliphatic rings. The van der Waals surface area contributed by atoms with Crippen LogP contribution in [0, 0.1) is 5.92 Å². The van der Waals surface area contributed by atoms with Crippen LogP contribution in [0.4, 0.5) is 13.2 Å². The van der Waals surface area contributed by atoms with Gasteiger partial charge in [0.2, 0.25) is 0 Å². The van der Waals surface area contributed by atoms with Gasteiger partial charge in [0.05, 0.1) is 6.04 Å². The van der Waals surface area contributed by atoms with Crippen LogP contribution >= 0.6 is 0 Å². The molecular formula is C13H19F3N4O2. The molecular weight excluding hydrogens is 301 g/mol. The summed E-state index contributed by atoms with van der Waals surface area (Å²) in [5.74, 6) is -1.91. The van der Waals surface area contributed by atoms with Gasteiger partial charge in [0.15, 0.2) is 0 Å². The number of hydrogen-bond donors (Lipinski definition) is 2. The minimum absolute atomic E-state index is 0.310. The number of piperidine rings is 1. The van der Waals surface area contributed by atoms with Crippen LogP contribution in [0.2, 0.25) is 0 Å². The number of aliphatic carboxylic acids is 1. The molecule has 1 aromatic rings. The van der Waals surface area contributed by atoms with Crippen LogP contribution < -0.4 is 5.32 Å². The average Bonchev–Trinajstić information content (AvgIpc) is 2.89. The van der Waals surface area contributed by atoms with Gasteiger partial charge in [0, 0.05) is 11.6 Å². The number of nitrogens with one attached hydrogen (secondary N) is 1. The fraction of sp³-hybridized carbons (Fsp3) is 0.769. The highest BCUT2D eigenvalue weighted by molar-refractivity contribution is 5.73. The lowest BCUT2D eigenvalue weighted by Gasteiger charge is -2.59. The molecule has 2 aliphatic heterocycles. The second-order valence-corrected chi connectivity index (χ2v) is 6.13. The fourth-order valence-electron chi connectivity index (χ4n) is 3.46. The van der Waals surface area contributed by atoms with E-state index in [1.165, 1.54) is 19.3 Å². The summed E-state index contributed by atoms with van der Waals surface area (Å²) in [6, 6.07) is 1.22. The standard InChI is InChI=1S/C11H18N4.C2HF3O2/c1-8-3-10-5-11(4-8,14-10)9(2)15-6-12-13-7-15;3-2(4,5)1(6)7/h6-10,14H,3-5H2,1-2H3;(H,6,7). The van der Waals surface area contributed by atoms with Gasteiger partial charge in [0.25, 0.3) is 0 Å². The molecule has 2 bridgehead atoms. The summed E-state index contributed by atoms with van der Waals surface area (Å²) in [6.45, 7) is 4.63. The molecule has 0 spiro atoms. The lowest BCUT2D eigenvalue weighted by molar-refractivity contribution is -0.192. The van der Waals surface area contributed by atoms with Gasteiger partial charge in [-0.2, -0.15) is 13.2 Å². The number of carboxylic acids is 1. The highest BCUT2D eigenvalue weighted by Gasteiger charge is 2.52. The molecule has 9 heteroatoms. The van der Waals surface area contributed by atoms with Gasteiger partial charge in [-0.05, 0) is 32.1 Å². The maximum absolute atomic E-state index is 10.6. The minimum Gasteiger partial charge on any atom is -0.475 e. The third-order valence-corrected chi connectivity index (χ3v) is 4.43. The Balaban J connectivity index is 0.000000217. The number of nitrogens with zero attached hydrogens (tertiary/aromatic N) is 3. The molecule has 4 atom stereocenters. The topological polar surface area (TPSA) is 80.0 Å². The predicted molar refractivity (Wildman–Crippen MR) is 71.1 cm³/mol. The summed E-state index contributed by atoms with van der Waals surface area (Å²) in [6.07, 6.45) is 2.51. The van der Waals surface area contributed by atoms with Crippen LogP contribution in [-0.2, 0) is 4.79 Å². The largest absolute Gasteiger partial charge is 0.490 e. The number of aromatic nitrogens is 3. The fourth-order valence-corrected chi connectivity index (χ4v) is 3.46. The van der Waals surface area contributed by atoms with E-state index in [9.17, 15) is 13.2 Å². The summed E-state index contributed by atoms with van der Waals surface area (Å²) < 4.78 is 33.9. The highest BCUT2D eigenvalue weighted by Crippen LogP contribution is 2.47. The number of rotatable bonds is 2. The van der Waals surface area contributed by atoms with E-state index in [1.54, 1.807) is 0 Å². The Morgan fingerprint density at radius 3 is 2.32 bits per heavy atom. The molecule has 2 N–H and O–H groups in total. The molecule has 3 fully saturated rings. The molecule has 2 saturated heterocycles. The van der Waals surface area contributed by atoms with Crippen molar-refractivity contribution in [1.29, 1.82) is 0 Å². The van der Waals surface area contributed by atoms with Gasteiger partial charge >= 0.3 is 12.1 Å². The van der Waals surface area contributed by atoms with E-state index in [0.717, 1.165) is 12.0 Å². The summed E-state index contributed by atoms with van der Waals surface area (Å²) in [4.78, 5) is 8.90. The zero-order valence-corrected chi connectivity index (χ0v) is 12.3. The Labute approximate surface area is 125 Å². The summed E-state index contributed by atoms with van der Waals surface area (Å²) in [7, 11) is 0. The van der Waals surface area contributed by atoms with Crippen molar-refractivity contribution in [1.82, 2.24) is 20.1 Å². The molecule has 4 rings (SSSR count). The lowest BCUT2D eigenvalue weighted by atomic mass is 9.63. The monoisotopic (exact) mass is 320 g/mol. The summed E-state index contributed by atoms with van der Waals surface area (Å²) in [5.41, 5.74) is 0.310. The predicted octanol–water partition coefficient (Wildman–Crippen LogP) is 2.00. The van der Waals surface area contributed by atoms with Gasteiger partial charge in [-0.1, -0.05) is 6.92 Å². The maximum Gasteiger partial charge on any atom is 0.490 e. The molecule has 4 unspecified atom stereocenters. The average molecular weight is 320 g/mol. The maximum atomic E-state index is 10.6. The minimum atomic E-state index is -5.08. The molecule has 1 saturated carbocycles. The lowest BCUT2D eigenvalue weighted by Crippen LogP contribution is -2.70. The highest BCUT2D eigenvalue weighted by atomic mass is 19.4. The number of alkyl halides is 3. The Bertz CT molecular complexity index is 512. The smallest absolute Gasteiger partial charge is 0.475 e. The van der Waals surface area contributed by atoms with Gasteiger partial charge < -0.3 is 15.0 Å². The Morgan fingerprint density at radius 1 is 1.41 bits per heavy atom. The van der Waals surface area contributed by atoms with Crippen LogP contribution in [0.1, 0.15) is 39.2 Å². The van der Waals surface area contributed by atoms with E-state index in [1.807, 2.05) is 12.7 Å². The molecule has 0 amide bonds. The van der Waals surface area contributed by atoms with Crippen LogP contribution in [0.5, 0.6) is 0 Å². The second kappa shape index (κ2) is 5.86. The van der Waals surface area contributed by atoms with Crippen molar-refractivity contribution in [2.24, 2.45) is 5.92 Å². The van der Waals surface area contributed by atoms with Crippen molar-refractivity contribution in [2.75, 3.05) is 0 Å². The SMILES string of the molecule is CC1CC2CC(C(C)n3cnnc3)(C1)N2.O=C(O)C(F)(F)F. The first-order valence-electron chi connectivity index (χ1n) is 7.06. The van der Waals surface area contributed by atoms with Crippen molar-refractivity contribution < 1.29 is 23.1 Å². The van der Waals surface area contributed by atoms with Gasteiger partial charge in [-0.15, -0.1) is 10.2 Å². The van der Waals surface area contributed by atoms with Crippen molar-refractivity contribution in [2.45, 2.75) is 56.9 Å². The number of halogens is 3. The molecule has 6 nitrogen and oxygen atoms in total.